The molecule has 0 fully saturated rings. The van der Waals surface area contributed by atoms with E-state index in [-0.39, 0.29) is 0 Å². The summed E-state index contributed by atoms with van der Waals surface area (Å²) in [7, 11) is 0. The van der Waals surface area contributed by atoms with Gasteiger partial charge in [0.15, 0.2) is 0 Å². The topological polar surface area (TPSA) is 9.23 Å². The average molecular weight is 206 g/mol. The molecule has 1 aromatic rings. The fraction of sp³-hybridized carbons (Fsp3) is 0.571. The molecule has 0 aliphatic rings. The van der Waals surface area contributed by atoms with Crippen molar-refractivity contribution in [2.24, 2.45) is 5.92 Å². The summed E-state index contributed by atoms with van der Waals surface area (Å²) in [6.07, 6.45) is 1.15. The standard InChI is InChI=1S/C14H22O/c1-5-12(4)13-8-6-7-9-14(13)15-10-11(2)3/h6-9,11-12H,5,10H2,1-4H3. The van der Waals surface area contributed by atoms with Gasteiger partial charge in [-0.2, -0.15) is 0 Å². The van der Waals surface area contributed by atoms with Crippen LogP contribution in [0.2, 0.25) is 0 Å². The molecule has 0 amide bonds. The van der Waals surface area contributed by atoms with Gasteiger partial charge in [-0.1, -0.05) is 45.9 Å². The van der Waals surface area contributed by atoms with Gasteiger partial charge in [0.1, 0.15) is 5.75 Å². The van der Waals surface area contributed by atoms with Gasteiger partial charge in [-0.15, -0.1) is 0 Å². The van der Waals surface area contributed by atoms with Crippen LogP contribution in [0, 0.1) is 5.92 Å². The molecule has 1 aromatic carbocycles. The lowest BCUT2D eigenvalue weighted by Crippen LogP contribution is -2.07. The summed E-state index contributed by atoms with van der Waals surface area (Å²) in [6.45, 7) is 9.60. The van der Waals surface area contributed by atoms with E-state index >= 15 is 0 Å². The van der Waals surface area contributed by atoms with Crippen LogP contribution in [-0.2, 0) is 0 Å². The van der Waals surface area contributed by atoms with E-state index in [9.17, 15) is 0 Å². The highest BCUT2D eigenvalue weighted by Gasteiger charge is 2.09. The highest BCUT2D eigenvalue weighted by atomic mass is 16.5. The number of benzene rings is 1. The minimum Gasteiger partial charge on any atom is -0.493 e. The Bertz CT molecular complexity index is 291. The summed E-state index contributed by atoms with van der Waals surface area (Å²) in [5, 5.41) is 0. The number of hydrogen-bond acceptors (Lipinski definition) is 1. The van der Waals surface area contributed by atoms with Crippen molar-refractivity contribution in [1.82, 2.24) is 0 Å². The van der Waals surface area contributed by atoms with Crippen molar-refractivity contribution in [3.8, 4) is 5.75 Å². The Balaban J connectivity index is 2.77. The quantitative estimate of drug-likeness (QED) is 0.700. The first kappa shape index (κ1) is 12.1. The molecule has 1 unspecified atom stereocenters. The first-order valence-electron chi connectivity index (χ1n) is 5.86. The zero-order chi connectivity index (χ0) is 11.3. The molecule has 1 rings (SSSR count). The van der Waals surface area contributed by atoms with Crippen molar-refractivity contribution in [3.63, 3.8) is 0 Å². The Morgan fingerprint density at radius 3 is 2.40 bits per heavy atom. The van der Waals surface area contributed by atoms with E-state index in [1.807, 2.05) is 6.07 Å². The number of hydrogen-bond donors (Lipinski definition) is 0. The molecule has 0 spiro atoms. The lowest BCUT2D eigenvalue weighted by molar-refractivity contribution is 0.267. The Morgan fingerprint density at radius 1 is 1.13 bits per heavy atom. The smallest absolute Gasteiger partial charge is 0.122 e. The molecule has 0 aliphatic heterocycles. The monoisotopic (exact) mass is 206 g/mol. The molecule has 0 bridgehead atoms. The summed E-state index contributed by atoms with van der Waals surface area (Å²) in [4.78, 5) is 0. The summed E-state index contributed by atoms with van der Waals surface area (Å²) < 4.78 is 5.82. The van der Waals surface area contributed by atoms with Crippen LogP contribution in [0.15, 0.2) is 24.3 Å². The third-order valence-corrected chi connectivity index (χ3v) is 2.63. The van der Waals surface area contributed by atoms with Crippen molar-refractivity contribution in [3.05, 3.63) is 29.8 Å². The third-order valence-electron chi connectivity index (χ3n) is 2.63. The Morgan fingerprint density at radius 2 is 1.80 bits per heavy atom. The zero-order valence-electron chi connectivity index (χ0n) is 10.3. The molecule has 84 valence electrons. The summed E-state index contributed by atoms with van der Waals surface area (Å²) in [6, 6.07) is 8.37. The van der Waals surface area contributed by atoms with Crippen LogP contribution in [-0.4, -0.2) is 6.61 Å². The van der Waals surface area contributed by atoms with Gasteiger partial charge >= 0.3 is 0 Å². The number of ether oxygens (including phenoxy) is 1. The lowest BCUT2D eigenvalue weighted by atomic mass is 9.98. The van der Waals surface area contributed by atoms with Crippen LogP contribution >= 0.6 is 0 Å². The maximum Gasteiger partial charge on any atom is 0.122 e. The molecule has 0 radical (unpaired) electrons. The largest absolute Gasteiger partial charge is 0.493 e. The minimum absolute atomic E-state index is 0.577. The molecule has 15 heavy (non-hydrogen) atoms. The summed E-state index contributed by atoms with van der Waals surface area (Å²) >= 11 is 0. The van der Waals surface area contributed by atoms with Gasteiger partial charge in [0.05, 0.1) is 6.61 Å². The normalized spacial score (nSPS) is 12.9. The highest BCUT2D eigenvalue weighted by molar-refractivity contribution is 5.35. The maximum absolute atomic E-state index is 5.82. The van der Waals surface area contributed by atoms with E-state index in [1.165, 1.54) is 5.56 Å². The Hall–Kier alpha value is -0.980. The van der Waals surface area contributed by atoms with Gasteiger partial charge < -0.3 is 4.74 Å². The first-order valence-corrected chi connectivity index (χ1v) is 5.86. The van der Waals surface area contributed by atoms with Gasteiger partial charge in [0.2, 0.25) is 0 Å². The second-order valence-corrected chi connectivity index (χ2v) is 4.55. The summed E-state index contributed by atoms with van der Waals surface area (Å²) in [5.74, 6) is 2.21. The molecule has 0 aromatic heterocycles. The minimum atomic E-state index is 0.577. The van der Waals surface area contributed by atoms with Crippen LogP contribution in [0.4, 0.5) is 0 Å². The lowest BCUT2D eigenvalue weighted by Gasteiger charge is -2.16. The van der Waals surface area contributed by atoms with Crippen molar-refractivity contribution in [2.45, 2.75) is 40.0 Å². The van der Waals surface area contributed by atoms with Gasteiger partial charge in [-0.3, -0.25) is 0 Å². The number of rotatable bonds is 5. The van der Waals surface area contributed by atoms with Crippen LogP contribution in [0.25, 0.3) is 0 Å². The SMILES string of the molecule is CCC(C)c1ccccc1OCC(C)C. The molecule has 1 heteroatoms. The van der Waals surface area contributed by atoms with Gasteiger partial charge in [-0.25, -0.2) is 0 Å². The van der Waals surface area contributed by atoms with E-state index in [0.29, 0.717) is 11.8 Å². The van der Waals surface area contributed by atoms with E-state index in [0.717, 1.165) is 18.8 Å². The zero-order valence-corrected chi connectivity index (χ0v) is 10.3. The average Bonchev–Trinajstić information content (AvgIpc) is 2.25. The van der Waals surface area contributed by atoms with Crippen molar-refractivity contribution >= 4 is 0 Å². The van der Waals surface area contributed by atoms with E-state index < -0.39 is 0 Å². The van der Waals surface area contributed by atoms with E-state index in [4.69, 9.17) is 4.74 Å². The molecule has 1 nitrogen and oxygen atoms in total. The molecule has 1 atom stereocenters. The van der Waals surface area contributed by atoms with Crippen LogP contribution in [0.1, 0.15) is 45.6 Å². The van der Waals surface area contributed by atoms with Crippen molar-refractivity contribution in [2.75, 3.05) is 6.61 Å². The molecule has 0 aliphatic carbocycles. The van der Waals surface area contributed by atoms with Crippen LogP contribution < -0.4 is 4.74 Å². The van der Waals surface area contributed by atoms with Crippen molar-refractivity contribution < 1.29 is 4.74 Å². The first-order chi connectivity index (χ1) is 7.15. The fourth-order valence-electron chi connectivity index (χ4n) is 1.50. The molecular formula is C14H22O. The molecule has 0 heterocycles. The number of para-hydroxylation sites is 1. The van der Waals surface area contributed by atoms with Crippen molar-refractivity contribution in [1.29, 1.82) is 0 Å². The van der Waals surface area contributed by atoms with Crippen LogP contribution in [0.3, 0.4) is 0 Å². The third kappa shape index (κ3) is 3.58. The van der Waals surface area contributed by atoms with Gasteiger partial charge in [-0.05, 0) is 29.9 Å². The highest BCUT2D eigenvalue weighted by Crippen LogP contribution is 2.28. The second kappa shape index (κ2) is 5.79. The van der Waals surface area contributed by atoms with Crippen LogP contribution in [0.5, 0.6) is 5.75 Å². The fourth-order valence-corrected chi connectivity index (χ4v) is 1.50. The van der Waals surface area contributed by atoms with Gasteiger partial charge in [0, 0.05) is 0 Å². The molecule has 0 saturated heterocycles. The molecule has 0 saturated carbocycles. The molecule has 0 N–H and O–H groups in total. The Kier molecular flexibility index (Phi) is 4.67. The predicted octanol–water partition coefficient (Wildman–Crippen LogP) is 4.23. The van der Waals surface area contributed by atoms with E-state index in [2.05, 4.69) is 45.9 Å². The second-order valence-electron chi connectivity index (χ2n) is 4.55. The maximum atomic E-state index is 5.82. The Labute approximate surface area is 93.5 Å². The predicted molar refractivity (Wildman–Crippen MR) is 65.5 cm³/mol. The molecular weight excluding hydrogens is 184 g/mol. The van der Waals surface area contributed by atoms with E-state index in [1.54, 1.807) is 0 Å². The van der Waals surface area contributed by atoms with Gasteiger partial charge in [0.25, 0.3) is 0 Å². The summed E-state index contributed by atoms with van der Waals surface area (Å²) in [5.41, 5.74) is 1.33.